The van der Waals surface area contributed by atoms with Gasteiger partial charge in [0.2, 0.25) is 0 Å². The molecule has 2 aromatic rings. The van der Waals surface area contributed by atoms with Crippen molar-refractivity contribution in [3.05, 3.63) is 47.5 Å². The molecule has 0 saturated carbocycles. The Morgan fingerprint density at radius 3 is 2.84 bits per heavy atom. The number of ether oxygens (including phenoxy) is 1. The first-order valence-electron chi connectivity index (χ1n) is 6.45. The van der Waals surface area contributed by atoms with Crippen LogP contribution in [0.25, 0.3) is 0 Å². The third-order valence-corrected chi connectivity index (χ3v) is 3.12. The molecule has 1 aromatic heterocycles. The van der Waals surface area contributed by atoms with Gasteiger partial charge >= 0.3 is 0 Å². The number of hydrogen-bond acceptors (Lipinski definition) is 3. The first-order valence-corrected chi connectivity index (χ1v) is 6.45. The van der Waals surface area contributed by atoms with E-state index in [0.29, 0.717) is 6.61 Å². The van der Waals surface area contributed by atoms with Crippen LogP contribution in [0, 0.1) is 6.92 Å². The van der Waals surface area contributed by atoms with Crippen LogP contribution >= 0.6 is 0 Å². The van der Waals surface area contributed by atoms with Crippen molar-refractivity contribution < 1.29 is 9.84 Å². The molecule has 0 spiro atoms. The van der Waals surface area contributed by atoms with Crippen molar-refractivity contribution in [3.63, 3.8) is 0 Å². The molecule has 0 aliphatic rings. The Kier molecular flexibility index (Phi) is 4.22. The predicted molar refractivity (Wildman–Crippen MR) is 74.2 cm³/mol. The fraction of sp³-hybridized carbons (Fsp3) is 0.400. The highest BCUT2D eigenvalue weighted by Crippen LogP contribution is 2.26. The number of aryl methyl sites for hydroxylation is 2. The SMILES string of the molecule is Cc1ccc(C(C)O)c(OCCc2nccn2C)c1. The summed E-state index contributed by atoms with van der Waals surface area (Å²) in [6.07, 6.45) is 3.92. The number of aliphatic hydroxyl groups is 1. The molecule has 102 valence electrons. The summed E-state index contributed by atoms with van der Waals surface area (Å²) >= 11 is 0. The lowest BCUT2D eigenvalue weighted by molar-refractivity contribution is 0.191. The van der Waals surface area contributed by atoms with Gasteiger partial charge in [-0.1, -0.05) is 12.1 Å². The largest absolute Gasteiger partial charge is 0.493 e. The minimum Gasteiger partial charge on any atom is -0.493 e. The van der Waals surface area contributed by atoms with Gasteiger partial charge in [-0.3, -0.25) is 0 Å². The second kappa shape index (κ2) is 5.89. The van der Waals surface area contributed by atoms with Gasteiger partial charge in [-0.05, 0) is 25.5 Å². The van der Waals surface area contributed by atoms with E-state index in [9.17, 15) is 5.11 Å². The normalized spacial score (nSPS) is 12.4. The third-order valence-electron chi connectivity index (χ3n) is 3.12. The summed E-state index contributed by atoms with van der Waals surface area (Å²) in [6.45, 7) is 4.31. The fourth-order valence-corrected chi connectivity index (χ4v) is 2.00. The molecule has 0 aliphatic carbocycles. The molecule has 1 aromatic carbocycles. The Bertz CT molecular complexity index is 547. The summed E-state index contributed by atoms with van der Waals surface area (Å²) in [4.78, 5) is 4.26. The van der Waals surface area contributed by atoms with E-state index in [-0.39, 0.29) is 0 Å². The topological polar surface area (TPSA) is 47.3 Å². The molecular weight excluding hydrogens is 240 g/mol. The van der Waals surface area contributed by atoms with Crippen LogP contribution in [0.3, 0.4) is 0 Å². The van der Waals surface area contributed by atoms with Crippen LogP contribution in [0.5, 0.6) is 5.75 Å². The summed E-state index contributed by atoms with van der Waals surface area (Å²) in [5, 5.41) is 9.73. The number of aromatic nitrogens is 2. The molecule has 0 aliphatic heterocycles. The highest BCUT2D eigenvalue weighted by Gasteiger charge is 2.09. The molecular formula is C15H20N2O2. The molecule has 0 radical (unpaired) electrons. The summed E-state index contributed by atoms with van der Waals surface area (Å²) in [5.41, 5.74) is 1.95. The lowest BCUT2D eigenvalue weighted by atomic mass is 10.1. The van der Waals surface area contributed by atoms with Crippen molar-refractivity contribution in [3.8, 4) is 5.75 Å². The first-order chi connectivity index (χ1) is 9.08. The van der Waals surface area contributed by atoms with Gasteiger partial charge in [-0.25, -0.2) is 4.98 Å². The molecule has 1 N–H and O–H groups in total. The molecule has 1 unspecified atom stereocenters. The average molecular weight is 260 g/mol. The minimum absolute atomic E-state index is 0.524. The number of benzene rings is 1. The van der Waals surface area contributed by atoms with Gasteiger partial charge in [0.25, 0.3) is 0 Å². The maximum absolute atomic E-state index is 9.73. The molecule has 4 heteroatoms. The van der Waals surface area contributed by atoms with E-state index in [0.717, 1.165) is 29.1 Å². The van der Waals surface area contributed by atoms with Crippen molar-refractivity contribution in [2.45, 2.75) is 26.4 Å². The number of aliphatic hydroxyl groups excluding tert-OH is 1. The molecule has 0 bridgehead atoms. The summed E-state index contributed by atoms with van der Waals surface area (Å²) in [6, 6.07) is 5.85. The van der Waals surface area contributed by atoms with E-state index >= 15 is 0 Å². The van der Waals surface area contributed by atoms with E-state index in [2.05, 4.69) is 4.98 Å². The second-order valence-corrected chi connectivity index (χ2v) is 4.77. The molecule has 0 saturated heterocycles. The van der Waals surface area contributed by atoms with Crippen molar-refractivity contribution in [1.29, 1.82) is 0 Å². The molecule has 19 heavy (non-hydrogen) atoms. The summed E-state index contributed by atoms with van der Waals surface area (Å²) < 4.78 is 7.78. The Balaban J connectivity index is 2.03. The number of rotatable bonds is 5. The summed E-state index contributed by atoms with van der Waals surface area (Å²) in [7, 11) is 1.97. The highest BCUT2D eigenvalue weighted by atomic mass is 16.5. The van der Waals surface area contributed by atoms with Crippen molar-refractivity contribution in [1.82, 2.24) is 9.55 Å². The Hall–Kier alpha value is -1.81. The first kappa shape index (κ1) is 13.6. The number of nitrogens with zero attached hydrogens (tertiary/aromatic N) is 2. The quantitative estimate of drug-likeness (QED) is 0.898. The molecule has 2 rings (SSSR count). The zero-order chi connectivity index (χ0) is 13.8. The van der Waals surface area contributed by atoms with Crippen molar-refractivity contribution >= 4 is 0 Å². The van der Waals surface area contributed by atoms with Crippen LogP contribution in [0.15, 0.2) is 30.6 Å². The fourth-order valence-electron chi connectivity index (χ4n) is 2.00. The standard InChI is InChI=1S/C15H20N2O2/c1-11-4-5-13(12(2)18)14(10-11)19-9-6-15-16-7-8-17(15)3/h4-5,7-8,10,12,18H,6,9H2,1-3H3. The molecule has 1 heterocycles. The lowest BCUT2D eigenvalue weighted by Gasteiger charge is -2.14. The summed E-state index contributed by atoms with van der Waals surface area (Å²) in [5.74, 6) is 1.75. The van der Waals surface area contributed by atoms with E-state index < -0.39 is 6.10 Å². The average Bonchev–Trinajstić information content (AvgIpc) is 2.75. The minimum atomic E-state index is -0.524. The maximum Gasteiger partial charge on any atom is 0.125 e. The Morgan fingerprint density at radius 1 is 1.42 bits per heavy atom. The van der Waals surface area contributed by atoms with Gasteiger partial charge in [0.1, 0.15) is 11.6 Å². The van der Waals surface area contributed by atoms with Crippen molar-refractivity contribution in [2.24, 2.45) is 7.05 Å². The van der Waals surface area contributed by atoms with Crippen LogP contribution in [0.4, 0.5) is 0 Å². The van der Waals surface area contributed by atoms with E-state index in [4.69, 9.17) is 4.74 Å². The lowest BCUT2D eigenvalue weighted by Crippen LogP contribution is -2.08. The smallest absolute Gasteiger partial charge is 0.125 e. The molecule has 1 atom stereocenters. The molecule has 4 nitrogen and oxygen atoms in total. The predicted octanol–water partition coefficient (Wildman–Crippen LogP) is 2.40. The molecule has 0 amide bonds. The zero-order valence-corrected chi connectivity index (χ0v) is 11.6. The van der Waals surface area contributed by atoms with Crippen LogP contribution < -0.4 is 4.74 Å². The Labute approximate surface area is 113 Å². The van der Waals surface area contributed by atoms with Gasteiger partial charge in [0, 0.05) is 31.4 Å². The number of imidazole rings is 1. The van der Waals surface area contributed by atoms with Crippen LogP contribution in [-0.2, 0) is 13.5 Å². The highest BCUT2D eigenvalue weighted by molar-refractivity contribution is 5.38. The van der Waals surface area contributed by atoms with E-state index in [1.807, 2.05) is 42.9 Å². The van der Waals surface area contributed by atoms with Crippen LogP contribution in [-0.4, -0.2) is 21.3 Å². The monoisotopic (exact) mass is 260 g/mol. The van der Waals surface area contributed by atoms with Gasteiger partial charge in [-0.15, -0.1) is 0 Å². The van der Waals surface area contributed by atoms with Crippen LogP contribution in [0.2, 0.25) is 0 Å². The van der Waals surface area contributed by atoms with E-state index in [1.54, 1.807) is 13.1 Å². The maximum atomic E-state index is 9.73. The third kappa shape index (κ3) is 3.35. The van der Waals surface area contributed by atoms with Crippen LogP contribution in [0.1, 0.15) is 30.0 Å². The zero-order valence-electron chi connectivity index (χ0n) is 11.6. The second-order valence-electron chi connectivity index (χ2n) is 4.77. The molecule has 0 fully saturated rings. The Morgan fingerprint density at radius 2 is 2.21 bits per heavy atom. The van der Waals surface area contributed by atoms with Gasteiger partial charge < -0.3 is 14.4 Å². The number of hydrogen-bond donors (Lipinski definition) is 1. The van der Waals surface area contributed by atoms with E-state index in [1.165, 1.54) is 0 Å². The van der Waals surface area contributed by atoms with Gasteiger partial charge in [0.15, 0.2) is 0 Å². The van der Waals surface area contributed by atoms with Gasteiger partial charge in [-0.2, -0.15) is 0 Å². The van der Waals surface area contributed by atoms with Gasteiger partial charge in [0.05, 0.1) is 12.7 Å². The van der Waals surface area contributed by atoms with Crippen molar-refractivity contribution in [2.75, 3.05) is 6.61 Å².